The van der Waals surface area contributed by atoms with Gasteiger partial charge < -0.3 is 11.9 Å². The number of carbonyl (C=O) groups is 1. The molecular formula is C18H22NNaO5S. The fourth-order valence-corrected chi connectivity index (χ4v) is 2.94. The molecule has 0 fully saturated rings. The van der Waals surface area contributed by atoms with Gasteiger partial charge in [0.2, 0.25) is 0 Å². The Kier molecular flexibility index (Phi) is 9.67. The third-order valence-electron chi connectivity index (χ3n) is 3.79. The molecule has 1 atom stereocenters. The number of hydrogen-bond acceptors (Lipinski definition) is 5. The van der Waals surface area contributed by atoms with Crippen molar-refractivity contribution in [3.63, 3.8) is 0 Å². The van der Waals surface area contributed by atoms with Crippen LogP contribution in [0.25, 0.3) is 0 Å². The van der Waals surface area contributed by atoms with Gasteiger partial charge in [0.25, 0.3) is 10.1 Å². The number of ketones is 1. The van der Waals surface area contributed by atoms with Crippen molar-refractivity contribution in [2.24, 2.45) is 5.73 Å². The summed E-state index contributed by atoms with van der Waals surface area (Å²) in [5.41, 5.74) is 7.40. The second-order valence-corrected chi connectivity index (χ2v) is 7.30. The quantitative estimate of drug-likeness (QED) is 0.251. The molecule has 0 aliphatic heterocycles. The number of hydrogen-bond donors (Lipinski definition) is 2. The maximum atomic E-state index is 12.3. The summed E-state index contributed by atoms with van der Waals surface area (Å²) >= 11 is 0. The summed E-state index contributed by atoms with van der Waals surface area (Å²) < 4.78 is 36.5. The molecule has 2 aromatic rings. The van der Waals surface area contributed by atoms with Crippen molar-refractivity contribution in [3.05, 3.63) is 71.3 Å². The van der Waals surface area contributed by atoms with Crippen molar-refractivity contribution in [1.29, 1.82) is 0 Å². The second kappa shape index (κ2) is 10.9. The average molecular weight is 387 g/mol. The van der Waals surface area contributed by atoms with Crippen molar-refractivity contribution in [2.75, 3.05) is 13.2 Å². The molecule has 136 valence electrons. The van der Waals surface area contributed by atoms with Crippen LogP contribution < -0.4 is 35.3 Å². The first-order valence-electron chi connectivity index (χ1n) is 7.84. The van der Waals surface area contributed by atoms with Gasteiger partial charge in [-0.2, -0.15) is 8.42 Å². The fraction of sp³-hybridized carbons (Fsp3) is 0.278. The molecule has 0 aromatic heterocycles. The maximum Gasteiger partial charge on any atom is 1.00 e. The summed E-state index contributed by atoms with van der Waals surface area (Å²) in [5.74, 6) is -0.0491. The Bertz CT molecular complexity index is 800. The predicted molar refractivity (Wildman–Crippen MR) is 96.1 cm³/mol. The monoisotopic (exact) mass is 387 g/mol. The van der Waals surface area contributed by atoms with Gasteiger partial charge in [0.05, 0.1) is 6.61 Å². The van der Waals surface area contributed by atoms with Gasteiger partial charge in [-0.3, -0.25) is 9.35 Å². The zero-order valence-corrected chi connectivity index (χ0v) is 17.5. The van der Waals surface area contributed by atoms with E-state index in [0.717, 1.165) is 5.56 Å². The predicted octanol–water partition coefficient (Wildman–Crippen LogP) is -0.844. The normalized spacial score (nSPS) is 12.2. The molecule has 2 aromatic carbocycles. The third kappa shape index (κ3) is 6.92. The summed E-state index contributed by atoms with van der Waals surface area (Å²) in [7, 11) is -4.14. The van der Waals surface area contributed by atoms with Crippen LogP contribution in [0.1, 0.15) is 29.3 Å². The van der Waals surface area contributed by atoms with Crippen LogP contribution >= 0.6 is 0 Å². The SMILES string of the molecule is NCC(CCOCc1ccc(C(=O)c2ccccc2)cc1)S(=O)(=O)O.[H-].[Na+]. The van der Waals surface area contributed by atoms with Crippen LogP contribution in [-0.2, 0) is 21.5 Å². The number of benzene rings is 2. The molecule has 8 heteroatoms. The Balaban J connectivity index is 0.00000338. The maximum absolute atomic E-state index is 12.3. The molecule has 0 spiro atoms. The molecule has 0 aliphatic rings. The first kappa shape index (κ1) is 23.0. The van der Waals surface area contributed by atoms with E-state index in [0.29, 0.717) is 11.1 Å². The van der Waals surface area contributed by atoms with Crippen LogP contribution in [-0.4, -0.2) is 37.2 Å². The van der Waals surface area contributed by atoms with E-state index in [4.69, 9.17) is 15.0 Å². The summed E-state index contributed by atoms with van der Waals surface area (Å²) in [6.45, 7) is 0.285. The molecule has 26 heavy (non-hydrogen) atoms. The summed E-state index contributed by atoms with van der Waals surface area (Å²) in [6, 6.07) is 16.1. The minimum atomic E-state index is -4.14. The molecule has 0 radical (unpaired) electrons. The van der Waals surface area contributed by atoms with Gasteiger partial charge >= 0.3 is 29.6 Å². The first-order chi connectivity index (χ1) is 11.9. The van der Waals surface area contributed by atoms with Crippen LogP contribution in [0, 0.1) is 0 Å². The molecule has 0 aliphatic carbocycles. The van der Waals surface area contributed by atoms with Crippen molar-refractivity contribution in [3.8, 4) is 0 Å². The van der Waals surface area contributed by atoms with E-state index in [2.05, 4.69) is 0 Å². The van der Waals surface area contributed by atoms with E-state index >= 15 is 0 Å². The average Bonchev–Trinajstić information content (AvgIpc) is 2.61. The molecule has 6 nitrogen and oxygen atoms in total. The molecule has 0 amide bonds. The molecule has 0 bridgehead atoms. The van der Waals surface area contributed by atoms with Gasteiger partial charge in [-0.25, -0.2) is 0 Å². The molecule has 0 saturated heterocycles. The summed E-state index contributed by atoms with van der Waals surface area (Å²) in [4.78, 5) is 12.3. The number of nitrogens with two attached hydrogens (primary N) is 1. The van der Waals surface area contributed by atoms with Gasteiger partial charge in [-0.15, -0.1) is 0 Å². The largest absolute Gasteiger partial charge is 1.00 e. The Hall–Kier alpha value is -1.06. The number of ether oxygens (including phenoxy) is 1. The fourth-order valence-electron chi connectivity index (χ4n) is 2.30. The third-order valence-corrected chi connectivity index (χ3v) is 5.06. The van der Waals surface area contributed by atoms with Crippen LogP contribution in [0.15, 0.2) is 54.6 Å². The summed E-state index contributed by atoms with van der Waals surface area (Å²) in [6.07, 6.45) is 0.125. The Morgan fingerprint density at radius 1 is 1.08 bits per heavy atom. The summed E-state index contributed by atoms with van der Waals surface area (Å²) in [5, 5.41) is -1.02. The van der Waals surface area contributed by atoms with Crippen molar-refractivity contribution >= 4 is 15.9 Å². The van der Waals surface area contributed by atoms with Gasteiger partial charge in [0, 0.05) is 24.3 Å². The molecule has 0 saturated carbocycles. The van der Waals surface area contributed by atoms with Crippen LogP contribution in [0.2, 0.25) is 0 Å². The van der Waals surface area contributed by atoms with Crippen LogP contribution in [0.5, 0.6) is 0 Å². The van der Waals surface area contributed by atoms with Crippen molar-refractivity contribution in [2.45, 2.75) is 18.3 Å². The Morgan fingerprint density at radius 3 is 2.19 bits per heavy atom. The molecular weight excluding hydrogens is 365 g/mol. The van der Waals surface area contributed by atoms with Gasteiger partial charge in [0.15, 0.2) is 5.78 Å². The zero-order valence-electron chi connectivity index (χ0n) is 15.7. The van der Waals surface area contributed by atoms with E-state index in [1.165, 1.54) is 0 Å². The van der Waals surface area contributed by atoms with E-state index in [1.54, 1.807) is 36.4 Å². The minimum absolute atomic E-state index is 0. The second-order valence-electron chi connectivity index (χ2n) is 5.61. The van der Waals surface area contributed by atoms with E-state index in [9.17, 15) is 13.2 Å². The number of rotatable bonds is 9. The Labute approximate surface area is 177 Å². The van der Waals surface area contributed by atoms with Crippen LogP contribution in [0.4, 0.5) is 0 Å². The van der Waals surface area contributed by atoms with Gasteiger partial charge in [-0.1, -0.05) is 54.6 Å². The zero-order chi connectivity index (χ0) is 18.3. The minimum Gasteiger partial charge on any atom is -1.00 e. The Morgan fingerprint density at radius 2 is 1.65 bits per heavy atom. The number of carbonyl (C=O) groups excluding carboxylic acids is 1. The molecule has 0 heterocycles. The smallest absolute Gasteiger partial charge is 1.00 e. The van der Waals surface area contributed by atoms with Crippen LogP contribution in [0.3, 0.4) is 0 Å². The van der Waals surface area contributed by atoms with E-state index in [1.807, 2.05) is 18.2 Å². The molecule has 2 rings (SSSR count). The van der Waals surface area contributed by atoms with Gasteiger partial charge in [0.1, 0.15) is 5.25 Å². The topological polar surface area (TPSA) is 107 Å². The van der Waals surface area contributed by atoms with Crippen molar-refractivity contribution in [1.82, 2.24) is 0 Å². The molecule has 3 N–H and O–H groups in total. The van der Waals surface area contributed by atoms with Crippen molar-refractivity contribution < 1.29 is 53.5 Å². The molecule has 1 unspecified atom stereocenters. The van der Waals surface area contributed by atoms with E-state index < -0.39 is 15.4 Å². The first-order valence-corrected chi connectivity index (χ1v) is 9.35. The standard InChI is InChI=1S/C18H21NO5S.Na.H/c19-12-17(25(21,22)23)10-11-24-13-14-6-8-16(9-7-14)18(20)15-4-2-1-3-5-15;;/h1-9,17H,10-13,19H2,(H,21,22,23);;/q;+1;-1. The van der Waals surface area contributed by atoms with Gasteiger partial charge in [-0.05, 0) is 12.0 Å². The van der Waals surface area contributed by atoms with E-state index in [-0.39, 0.29) is 62.9 Å².